The number of benzene rings is 3. The van der Waals surface area contributed by atoms with Gasteiger partial charge >= 0.3 is 0 Å². The van der Waals surface area contributed by atoms with Gasteiger partial charge in [0.05, 0.1) is 6.54 Å². The van der Waals surface area contributed by atoms with E-state index in [4.69, 9.17) is 10.5 Å². The zero-order valence-electron chi connectivity index (χ0n) is 17.4. The Bertz CT molecular complexity index is 1140. The molecule has 0 radical (unpaired) electrons. The molecule has 3 N–H and O–H groups in total. The Labute approximate surface area is 185 Å². The van der Waals surface area contributed by atoms with Crippen LogP contribution in [-0.4, -0.2) is 29.2 Å². The van der Waals surface area contributed by atoms with Gasteiger partial charge in [0, 0.05) is 24.2 Å². The lowest BCUT2D eigenvalue weighted by Gasteiger charge is -2.22. The molecule has 0 aliphatic carbocycles. The summed E-state index contributed by atoms with van der Waals surface area (Å²) in [5.74, 6) is -0.456. The SMILES string of the molecule is NC(=O)CN(Cc1ccc(OCc2ccccc2)cc1)C(=O)c1cccc2c1CNC2=O. The van der Waals surface area contributed by atoms with E-state index in [1.54, 1.807) is 18.2 Å². The van der Waals surface area contributed by atoms with Gasteiger partial charge in [-0.15, -0.1) is 0 Å². The fourth-order valence-corrected chi connectivity index (χ4v) is 3.66. The number of primary amides is 1. The normalized spacial score (nSPS) is 12.1. The lowest BCUT2D eigenvalue weighted by Crippen LogP contribution is -2.38. The van der Waals surface area contributed by atoms with E-state index in [0.29, 0.717) is 29.0 Å². The molecule has 1 heterocycles. The first kappa shape index (κ1) is 21.1. The lowest BCUT2D eigenvalue weighted by molar-refractivity contribution is -0.118. The van der Waals surface area contributed by atoms with Gasteiger partial charge in [-0.2, -0.15) is 0 Å². The van der Waals surface area contributed by atoms with Crippen LogP contribution in [0.25, 0.3) is 0 Å². The average Bonchev–Trinajstić information content (AvgIpc) is 3.19. The Morgan fingerprint density at radius 1 is 0.938 bits per heavy atom. The minimum Gasteiger partial charge on any atom is -0.489 e. The Kier molecular flexibility index (Phi) is 6.17. The summed E-state index contributed by atoms with van der Waals surface area (Å²) in [5.41, 5.74) is 8.81. The van der Waals surface area contributed by atoms with E-state index >= 15 is 0 Å². The molecule has 162 valence electrons. The van der Waals surface area contributed by atoms with Gasteiger partial charge in [0.25, 0.3) is 11.8 Å². The fraction of sp³-hybridized carbons (Fsp3) is 0.160. The van der Waals surface area contributed by atoms with Crippen molar-refractivity contribution in [3.05, 3.63) is 101 Å². The first-order valence-corrected chi connectivity index (χ1v) is 10.2. The number of carbonyl (C=O) groups is 3. The van der Waals surface area contributed by atoms with Crippen molar-refractivity contribution in [2.24, 2.45) is 5.73 Å². The van der Waals surface area contributed by atoms with Crippen molar-refractivity contribution in [2.45, 2.75) is 19.7 Å². The minimum absolute atomic E-state index is 0.200. The molecule has 7 nitrogen and oxygen atoms in total. The summed E-state index contributed by atoms with van der Waals surface area (Å²) in [6, 6.07) is 22.2. The summed E-state index contributed by atoms with van der Waals surface area (Å²) in [6.07, 6.45) is 0. The van der Waals surface area contributed by atoms with Crippen LogP contribution in [0.3, 0.4) is 0 Å². The van der Waals surface area contributed by atoms with Crippen molar-refractivity contribution < 1.29 is 19.1 Å². The van der Waals surface area contributed by atoms with E-state index in [1.165, 1.54) is 4.90 Å². The first-order chi connectivity index (χ1) is 15.5. The molecule has 1 aliphatic rings. The van der Waals surface area contributed by atoms with Crippen LogP contribution in [0, 0.1) is 0 Å². The topological polar surface area (TPSA) is 102 Å². The van der Waals surface area contributed by atoms with Gasteiger partial charge in [0.1, 0.15) is 12.4 Å². The Morgan fingerprint density at radius 2 is 1.69 bits per heavy atom. The summed E-state index contributed by atoms with van der Waals surface area (Å²) in [5, 5.41) is 2.72. The zero-order chi connectivity index (χ0) is 22.5. The average molecular weight is 429 g/mol. The molecule has 32 heavy (non-hydrogen) atoms. The van der Waals surface area contributed by atoms with E-state index in [1.807, 2.05) is 54.6 Å². The maximum Gasteiger partial charge on any atom is 0.254 e. The lowest BCUT2D eigenvalue weighted by atomic mass is 10.0. The molecule has 0 saturated carbocycles. The Hall–Kier alpha value is -4.13. The molecule has 0 saturated heterocycles. The highest BCUT2D eigenvalue weighted by molar-refractivity contribution is 6.04. The molecular formula is C25H23N3O4. The van der Waals surface area contributed by atoms with Crippen LogP contribution in [0.2, 0.25) is 0 Å². The molecular weight excluding hydrogens is 406 g/mol. The molecule has 7 heteroatoms. The van der Waals surface area contributed by atoms with Crippen LogP contribution in [0.4, 0.5) is 0 Å². The van der Waals surface area contributed by atoms with Crippen LogP contribution in [0.5, 0.6) is 5.75 Å². The predicted octanol–water partition coefficient (Wildman–Crippen LogP) is 2.64. The van der Waals surface area contributed by atoms with Gasteiger partial charge in [-0.1, -0.05) is 48.5 Å². The molecule has 4 rings (SSSR count). The summed E-state index contributed by atoms with van der Waals surface area (Å²) in [7, 11) is 0. The second-order valence-electron chi connectivity index (χ2n) is 7.56. The number of nitrogens with two attached hydrogens (primary N) is 1. The van der Waals surface area contributed by atoms with Gasteiger partial charge in [0.2, 0.25) is 5.91 Å². The van der Waals surface area contributed by atoms with E-state index in [2.05, 4.69) is 5.32 Å². The molecule has 0 unspecified atom stereocenters. The predicted molar refractivity (Wildman–Crippen MR) is 119 cm³/mol. The first-order valence-electron chi connectivity index (χ1n) is 10.2. The van der Waals surface area contributed by atoms with Crippen LogP contribution in [0.1, 0.15) is 37.4 Å². The smallest absolute Gasteiger partial charge is 0.254 e. The maximum atomic E-state index is 13.2. The van der Waals surface area contributed by atoms with Crippen molar-refractivity contribution in [3.8, 4) is 5.75 Å². The number of hydrogen-bond donors (Lipinski definition) is 2. The van der Waals surface area contributed by atoms with Gasteiger partial charge in [-0.3, -0.25) is 14.4 Å². The molecule has 3 amide bonds. The Balaban J connectivity index is 1.48. The third-order valence-corrected chi connectivity index (χ3v) is 5.26. The molecule has 0 aromatic heterocycles. The van der Waals surface area contributed by atoms with E-state index in [9.17, 15) is 14.4 Å². The number of ether oxygens (including phenoxy) is 1. The van der Waals surface area contributed by atoms with Crippen molar-refractivity contribution in [2.75, 3.05) is 6.54 Å². The monoisotopic (exact) mass is 429 g/mol. The second-order valence-corrected chi connectivity index (χ2v) is 7.56. The molecule has 0 spiro atoms. The summed E-state index contributed by atoms with van der Waals surface area (Å²) in [4.78, 5) is 38.2. The van der Waals surface area contributed by atoms with Crippen LogP contribution >= 0.6 is 0 Å². The van der Waals surface area contributed by atoms with Gasteiger partial charge in [-0.05, 0) is 41.0 Å². The van der Waals surface area contributed by atoms with Crippen LogP contribution < -0.4 is 15.8 Å². The van der Waals surface area contributed by atoms with Crippen molar-refractivity contribution in [1.82, 2.24) is 10.2 Å². The standard InChI is InChI=1S/C25H23N3O4/c26-23(29)15-28(25(31)21-8-4-7-20-22(21)13-27-24(20)30)14-17-9-11-19(12-10-17)32-16-18-5-2-1-3-6-18/h1-12H,13-16H2,(H2,26,29)(H,27,30). The minimum atomic E-state index is -0.608. The third kappa shape index (κ3) is 4.78. The molecule has 3 aromatic rings. The number of rotatable bonds is 8. The summed E-state index contributed by atoms with van der Waals surface area (Å²) >= 11 is 0. The zero-order valence-corrected chi connectivity index (χ0v) is 17.4. The maximum absolute atomic E-state index is 13.2. The van der Waals surface area contributed by atoms with Gasteiger partial charge in [-0.25, -0.2) is 0 Å². The number of hydrogen-bond acceptors (Lipinski definition) is 4. The van der Waals surface area contributed by atoms with E-state index in [-0.39, 0.29) is 31.4 Å². The highest BCUT2D eigenvalue weighted by atomic mass is 16.5. The molecule has 0 fully saturated rings. The number of nitrogens with zero attached hydrogens (tertiary/aromatic N) is 1. The van der Waals surface area contributed by atoms with Gasteiger partial charge < -0.3 is 20.7 Å². The fourth-order valence-electron chi connectivity index (χ4n) is 3.66. The quantitative estimate of drug-likeness (QED) is 0.575. The van der Waals surface area contributed by atoms with Crippen molar-refractivity contribution in [3.63, 3.8) is 0 Å². The molecule has 0 bridgehead atoms. The number of nitrogens with one attached hydrogen (secondary N) is 1. The van der Waals surface area contributed by atoms with Crippen LogP contribution in [-0.2, 0) is 24.5 Å². The largest absolute Gasteiger partial charge is 0.489 e. The molecule has 0 atom stereocenters. The second kappa shape index (κ2) is 9.34. The van der Waals surface area contributed by atoms with Crippen LogP contribution in [0.15, 0.2) is 72.8 Å². The highest BCUT2D eigenvalue weighted by Crippen LogP contribution is 2.22. The third-order valence-electron chi connectivity index (χ3n) is 5.26. The van der Waals surface area contributed by atoms with Crippen molar-refractivity contribution in [1.29, 1.82) is 0 Å². The summed E-state index contributed by atoms with van der Waals surface area (Å²) < 4.78 is 5.80. The number of carbonyl (C=O) groups excluding carboxylic acids is 3. The molecule has 3 aromatic carbocycles. The number of amides is 3. The number of fused-ring (bicyclic) bond motifs is 1. The van der Waals surface area contributed by atoms with E-state index in [0.717, 1.165) is 11.1 Å². The highest BCUT2D eigenvalue weighted by Gasteiger charge is 2.27. The summed E-state index contributed by atoms with van der Waals surface area (Å²) in [6.45, 7) is 0.716. The van der Waals surface area contributed by atoms with Gasteiger partial charge in [0.15, 0.2) is 0 Å². The Morgan fingerprint density at radius 3 is 2.41 bits per heavy atom. The van der Waals surface area contributed by atoms with Crippen molar-refractivity contribution >= 4 is 17.7 Å². The van der Waals surface area contributed by atoms with E-state index < -0.39 is 5.91 Å². The molecule has 1 aliphatic heterocycles.